The fourth-order valence-electron chi connectivity index (χ4n) is 2.84. The van der Waals surface area contributed by atoms with E-state index in [1.807, 2.05) is 11.8 Å². The first-order valence-corrected chi connectivity index (χ1v) is 8.43. The molecule has 20 heavy (non-hydrogen) atoms. The third kappa shape index (κ3) is 1.88. The van der Waals surface area contributed by atoms with Gasteiger partial charge in [0.2, 0.25) is 16.6 Å². The van der Waals surface area contributed by atoms with Crippen molar-refractivity contribution in [2.24, 2.45) is 0 Å². The molecule has 1 aliphatic heterocycles. The third-order valence-electron chi connectivity index (χ3n) is 3.74. The Bertz CT molecular complexity index is 772. The van der Waals surface area contributed by atoms with E-state index in [1.54, 1.807) is 0 Å². The van der Waals surface area contributed by atoms with E-state index in [9.17, 15) is 0 Å². The minimum atomic E-state index is 0.335. The summed E-state index contributed by atoms with van der Waals surface area (Å²) in [7, 11) is 0. The van der Waals surface area contributed by atoms with E-state index in [-0.39, 0.29) is 0 Å². The molecule has 0 amide bonds. The Balaban J connectivity index is 1.99. The third-order valence-corrected chi connectivity index (χ3v) is 5.86. The maximum absolute atomic E-state index is 3.85. The molecule has 3 heteroatoms. The van der Waals surface area contributed by atoms with Crippen molar-refractivity contribution in [1.82, 2.24) is 0 Å². The van der Waals surface area contributed by atoms with Gasteiger partial charge in [-0.05, 0) is 23.9 Å². The van der Waals surface area contributed by atoms with Crippen molar-refractivity contribution in [3.63, 3.8) is 0 Å². The van der Waals surface area contributed by atoms with Crippen LogP contribution in [0.5, 0.6) is 0 Å². The van der Waals surface area contributed by atoms with E-state index in [0.29, 0.717) is 10.2 Å². The molecule has 2 heterocycles. The van der Waals surface area contributed by atoms with E-state index in [0.717, 1.165) is 0 Å². The zero-order valence-electron chi connectivity index (χ0n) is 10.7. The molecule has 0 aliphatic carbocycles. The zero-order valence-corrected chi connectivity index (χ0v) is 13.1. The van der Waals surface area contributed by atoms with Crippen LogP contribution >= 0.6 is 27.7 Å². The van der Waals surface area contributed by atoms with Gasteiger partial charge >= 0.3 is 0 Å². The van der Waals surface area contributed by atoms with Gasteiger partial charge in [0.25, 0.3) is 0 Å². The van der Waals surface area contributed by atoms with Gasteiger partial charge in [-0.1, -0.05) is 58.4 Å². The summed E-state index contributed by atoms with van der Waals surface area (Å²) in [6.45, 7) is 0. The number of halogens is 1. The number of nitrogens with zero attached hydrogens (tertiary/aromatic N) is 1. The molecule has 2 atom stereocenters. The first-order valence-electron chi connectivity index (χ1n) is 6.63. The highest BCUT2D eigenvalue weighted by Crippen LogP contribution is 2.42. The fourth-order valence-corrected chi connectivity index (χ4v) is 5.07. The molecule has 98 valence electrons. The van der Waals surface area contributed by atoms with Crippen molar-refractivity contribution >= 4 is 38.6 Å². The molecular formula is C17H13BrNS+. The Morgan fingerprint density at radius 1 is 0.850 bits per heavy atom. The second-order valence-electron chi connectivity index (χ2n) is 4.92. The summed E-state index contributed by atoms with van der Waals surface area (Å²) in [6, 6.07) is 24.1. The maximum atomic E-state index is 3.85. The van der Waals surface area contributed by atoms with Crippen molar-refractivity contribution in [3.05, 3.63) is 72.3 Å². The highest BCUT2D eigenvalue weighted by atomic mass is 79.9. The normalized spacial score (nSPS) is 21.1. The lowest BCUT2D eigenvalue weighted by Crippen LogP contribution is -2.41. The topological polar surface area (TPSA) is 3.88 Å². The summed E-state index contributed by atoms with van der Waals surface area (Å²) < 4.78 is 2.82. The number of rotatable bonds is 1. The predicted molar refractivity (Wildman–Crippen MR) is 87.3 cm³/mol. The molecule has 0 fully saturated rings. The SMILES string of the molecule is BrC1Sc2ccc3ccccc3[n+]2C1c1ccccc1. The van der Waals surface area contributed by atoms with Gasteiger partial charge in [-0.15, -0.1) is 0 Å². The van der Waals surface area contributed by atoms with Crippen molar-refractivity contribution in [2.45, 2.75) is 15.2 Å². The summed E-state index contributed by atoms with van der Waals surface area (Å²) in [5, 5.41) is 2.61. The quantitative estimate of drug-likeness (QED) is 0.463. The first-order chi connectivity index (χ1) is 9.84. The number of alkyl halides is 1. The van der Waals surface area contributed by atoms with Gasteiger partial charge in [0.1, 0.15) is 4.16 Å². The highest BCUT2D eigenvalue weighted by Gasteiger charge is 2.41. The molecule has 0 N–H and O–H groups in total. The number of thioether (sulfide) groups is 1. The number of fused-ring (bicyclic) bond motifs is 3. The lowest BCUT2D eigenvalue weighted by atomic mass is 10.1. The van der Waals surface area contributed by atoms with Gasteiger partial charge in [0, 0.05) is 23.1 Å². The van der Waals surface area contributed by atoms with Gasteiger partial charge in [0.15, 0.2) is 0 Å². The molecule has 1 nitrogen and oxygen atoms in total. The van der Waals surface area contributed by atoms with Crippen LogP contribution in [0.4, 0.5) is 0 Å². The lowest BCUT2D eigenvalue weighted by Gasteiger charge is -2.11. The second-order valence-corrected chi connectivity index (χ2v) is 7.68. The minimum absolute atomic E-state index is 0.335. The molecule has 0 spiro atoms. The van der Waals surface area contributed by atoms with E-state index in [4.69, 9.17) is 0 Å². The number of hydrogen-bond donors (Lipinski definition) is 0. The van der Waals surface area contributed by atoms with Gasteiger partial charge in [-0.3, -0.25) is 0 Å². The second kappa shape index (κ2) is 4.90. The number of hydrogen-bond acceptors (Lipinski definition) is 1. The summed E-state index contributed by atoms with van der Waals surface area (Å²) in [6.07, 6.45) is 0. The van der Waals surface area contributed by atoms with E-state index in [1.165, 1.54) is 21.5 Å². The summed E-state index contributed by atoms with van der Waals surface area (Å²) in [5.41, 5.74) is 2.65. The fraction of sp³-hybridized carbons (Fsp3) is 0.118. The van der Waals surface area contributed by atoms with Gasteiger partial charge in [-0.2, -0.15) is 4.57 Å². The smallest absolute Gasteiger partial charge is 0.177 e. The molecule has 2 unspecified atom stereocenters. The Kier molecular flexibility index (Phi) is 3.04. The Morgan fingerprint density at radius 2 is 1.60 bits per heavy atom. The van der Waals surface area contributed by atoms with Crippen LogP contribution in [0.3, 0.4) is 0 Å². The molecule has 0 saturated heterocycles. The van der Waals surface area contributed by atoms with Crippen LogP contribution in [0.2, 0.25) is 0 Å². The van der Waals surface area contributed by atoms with Crippen molar-refractivity contribution in [2.75, 3.05) is 0 Å². The summed E-state index contributed by atoms with van der Waals surface area (Å²) >= 11 is 5.74. The highest BCUT2D eigenvalue weighted by molar-refractivity contribution is 9.11. The molecule has 0 radical (unpaired) electrons. The van der Waals surface area contributed by atoms with Crippen LogP contribution in [-0.2, 0) is 0 Å². The van der Waals surface area contributed by atoms with Crippen LogP contribution in [0.25, 0.3) is 10.9 Å². The molecule has 1 aliphatic rings. The molecule has 0 saturated carbocycles. The average Bonchev–Trinajstić information content (AvgIpc) is 2.84. The Labute approximate surface area is 130 Å². The lowest BCUT2D eigenvalue weighted by molar-refractivity contribution is -0.715. The van der Waals surface area contributed by atoms with E-state index < -0.39 is 0 Å². The molecule has 2 aromatic carbocycles. The summed E-state index contributed by atoms with van der Waals surface area (Å²) in [4.78, 5) is 0. The number of para-hydroxylation sites is 1. The first kappa shape index (κ1) is 12.4. The van der Waals surface area contributed by atoms with Crippen LogP contribution in [0.1, 0.15) is 11.6 Å². The largest absolute Gasteiger partial charge is 0.242 e. The Morgan fingerprint density at radius 3 is 2.45 bits per heavy atom. The van der Waals surface area contributed by atoms with Crippen molar-refractivity contribution < 1.29 is 4.57 Å². The molecular weight excluding hydrogens is 330 g/mol. The number of benzene rings is 2. The zero-order chi connectivity index (χ0) is 13.5. The monoisotopic (exact) mass is 342 g/mol. The Hall–Kier alpha value is -1.32. The molecule has 0 bridgehead atoms. The summed E-state index contributed by atoms with van der Waals surface area (Å²) in [5.74, 6) is 0. The van der Waals surface area contributed by atoms with Crippen LogP contribution < -0.4 is 4.57 Å². The van der Waals surface area contributed by atoms with Crippen molar-refractivity contribution in [3.8, 4) is 0 Å². The van der Waals surface area contributed by atoms with Crippen LogP contribution in [0, 0.1) is 0 Å². The minimum Gasteiger partial charge on any atom is -0.177 e. The molecule has 1 aromatic heterocycles. The van der Waals surface area contributed by atoms with Gasteiger partial charge < -0.3 is 0 Å². The van der Waals surface area contributed by atoms with Crippen molar-refractivity contribution in [1.29, 1.82) is 0 Å². The van der Waals surface area contributed by atoms with Gasteiger partial charge in [0.05, 0.1) is 0 Å². The number of aromatic nitrogens is 1. The standard InChI is InChI=1S/C17H13BrNS/c18-17-16(13-7-2-1-3-8-13)19-14-9-5-4-6-12(14)10-11-15(19)20-17/h1-11,16-17H/q+1. The maximum Gasteiger partial charge on any atom is 0.242 e. The predicted octanol–water partition coefficient (Wildman–Crippen LogP) is 4.54. The van der Waals surface area contributed by atoms with Crippen LogP contribution in [-0.4, -0.2) is 4.16 Å². The van der Waals surface area contributed by atoms with E-state index >= 15 is 0 Å². The average molecular weight is 343 g/mol. The number of pyridine rings is 1. The van der Waals surface area contributed by atoms with E-state index in [2.05, 4.69) is 87.2 Å². The van der Waals surface area contributed by atoms with Gasteiger partial charge in [-0.25, -0.2) is 0 Å². The molecule has 3 aromatic rings. The molecule has 4 rings (SSSR count). The van der Waals surface area contributed by atoms with Crippen LogP contribution in [0.15, 0.2) is 71.8 Å².